The maximum Gasteiger partial charge on any atom is 0.261 e. The molecule has 0 heterocycles. The second-order valence-corrected chi connectivity index (χ2v) is 7.86. The van der Waals surface area contributed by atoms with Crippen molar-refractivity contribution in [3.8, 4) is 5.75 Å². The smallest absolute Gasteiger partial charge is 0.261 e. The SMILES string of the molecule is COc1ccccc1NC(=O)c1ccc(NS(=O)(=O)c2ccccc2)c(Cl)c1. The van der Waals surface area contributed by atoms with Crippen molar-refractivity contribution in [2.75, 3.05) is 17.1 Å². The molecule has 0 atom stereocenters. The molecule has 28 heavy (non-hydrogen) atoms. The molecule has 0 aliphatic heterocycles. The van der Waals surface area contributed by atoms with Crippen LogP contribution in [0.5, 0.6) is 5.75 Å². The highest BCUT2D eigenvalue weighted by Crippen LogP contribution is 2.27. The molecule has 0 saturated carbocycles. The molecule has 0 spiro atoms. The summed E-state index contributed by atoms with van der Waals surface area (Å²) in [5.74, 6) is 0.123. The highest BCUT2D eigenvalue weighted by atomic mass is 35.5. The van der Waals surface area contributed by atoms with Crippen LogP contribution in [0.4, 0.5) is 11.4 Å². The summed E-state index contributed by atoms with van der Waals surface area (Å²) >= 11 is 6.20. The number of amides is 1. The van der Waals surface area contributed by atoms with Crippen LogP contribution in [-0.2, 0) is 10.0 Å². The molecule has 0 radical (unpaired) electrons. The number of benzene rings is 3. The van der Waals surface area contributed by atoms with Crippen LogP contribution in [0.15, 0.2) is 77.7 Å². The molecule has 6 nitrogen and oxygen atoms in total. The number of carbonyl (C=O) groups is 1. The van der Waals surface area contributed by atoms with Crippen molar-refractivity contribution in [1.82, 2.24) is 0 Å². The molecule has 8 heteroatoms. The Balaban J connectivity index is 1.80. The van der Waals surface area contributed by atoms with Gasteiger partial charge in [0.15, 0.2) is 0 Å². The van der Waals surface area contributed by atoms with Crippen LogP contribution in [0.25, 0.3) is 0 Å². The molecule has 3 rings (SSSR count). The lowest BCUT2D eigenvalue weighted by Gasteiger charge is -2.12. The van der Waals surface area contributed by atoms with Crippen molar-refractivity contribution in [2.24, 2.45) is 0 Å². The van der Waals surface area contributed by atoms with E-state index >= 15 is 0 Å². The van der Waals surface area contributed by atoms with E-state index in [9.17, 15) is 13.2 Å². The highest BCUT2D eigenvalue weighted by molar-refractivity contribution is 7.92. The third-order valence-electron chi connectivity index (χ3n) is 3.88. The number of rotatable bonds is 6. The molecule has 0 aliphatic carbocycles. The summed E-state index contributed by atoms with van der Waals surface area (Å²) in [7, 11) is -2.27. The van der Waals surface area contributed by atoms with Gasteiger partial charge in [-0.1, -0.05) is 41.9 Å². The maximum absolute atomic E-state index is 12.5. The van der Waals surface area contributed by atoms with Gasteiger partial charge in [0.05, 0.1) is 28.4 Å². The van der Waals surface area contributed by atoms with Crippen LogP contribution in [-0.4, -0.2) is 21.4 Å². The predicted octanol–water partition coefficient (Wildman–Crippen LogP) is 4.40. The lowest BCUT2D eigenvalue weighted by atomic mass is 10.2. The van der Waals surface area contributed by atoms with E-state index in [4.69, 9.17) is 16.3 Å². The molecule has 0 aliphatic rings. The van der Waals surface area contributed by atoms with Crippen molar-refractivity contribution in [3.63, 3.8) is 0 Å². The summed E-state index contributed by atoms with van der Waals surface area (Å²) in [5.41, 5.74) is 0.970. The van der Waals surface area contributed by atoms with E-state index in [2.05, 4.69) is 10.0 Å². The van der Waals surface area contributed by atoms with Crippen molar-refractivity contribution in [1.29, 1.82) is 0 Å². The number of hydrogen-bond donors (Lipinski definition) is 2. The average Bonchev–Trinajstić information content (AvgIpc) is 2.70. The Morgan fingerprint density at radius 3 is 2.29 bits per heavy atom. The van der Waals surface area contributed by atoms with Gasteiger partial charge in [0.1, 0.15) is 5.75 Å². The summed E-state index contributed by atoms with van der Waals surface area (Å²) in [6, 6.07) is 19.3. The summed E-state index contributed by atoms with van der Waals surface area (Å²) in [6.45, 7) is 0. The van der Waals surface area contributed by atoms with Crippen LogP contribution in [0.3, 0.4) is 0 Å². The molecule has 2 N–H and O–H groups in total. The molecule has 1 amide bonds. The normalized spacial score (nSPS) is 10.9. The fourth-order valence-corrected chi connectivity index (χ4v) is 3.87. The molecule has 0 unspecified atom stereocenters. The van der Waals surface area contributed by atoms with Crippen molar-refractivity contribution < 1.29 is 17.9 Å². The molecule has 3 aromatic rings. The minimum Gasteiger partial charge on any atom is -0.495 e. The van der Waals surface area contributed by atoms with Crippen LogP contribution in [0.1, 0.15) is 10.4 Å². The second-order valence-electron chi connectivity index (χ2n) is 5.77. The standard InChI is InChI=1S/C20H17ClN2O4S/c1-27-19-10-6-5-9-18(19)22-20(24)14-11-12-17(16(21)13-14)23-28(25,26)15-7-3-2-4-8-15/h2-13,23H,1H3,(H,22,24). The van der Waals surface area contributed by atoms with E-state index in [0.29, 0.717) is 11.4 Å². The summed E-state index contributed by atoms with van der Waals surface area (Å²) in [4.78, 5) is 12.6. The molecule has 0 fully saturated rings. The fraction of sp³-hybridized carbons (Fsp3) is 0.0500. The van der Waals surface area contributed by atoms with Crippen molar-refractivity contribution in [2.45, 2.75) is 4.90 Å². The zero-order valence-corrected chi connectivity index (χ0v) is 16.4. The molecule has 0 aromatic heterocycles. The second kappa shape index (κ2) is 8.33. The summed E-state index contributed by atoms with van der Waals surface area (Å²) in [6.07, 6.45) is 0. The monoisotopic (exact) mass is 416 g/mol. The van der Waals surface area contributed by atoms with Gasteiger partial charge in [-0.25, -0.2) is 8.42 Å². The Morgan fingerprint density at radius 1 is 0.929 bits per heavy atom. The highest BCUT2D eigenvalue weighted by Gasteiger charge is 2.17. The first-order chi connectivity index (χ1) is 13.4. The zero-order valence-electron chi connectivity index (χ0n) is 14.8. The van der Waals surface area contributed by atoms with Gasteiger partial charge in [0, 0.05) is 5.56 Å². The van der Waals surface area contributed by atoms with Gasteiger partial charge in [0.25, 0.3) is 15.9 Å². The van der Waals surface area contributed by atoms with E-state index in [0.717, 1.165) is 0 Å². The zero-order chi connectivity index (χ0) is 20.1. The average molecular weight is 417 g/mol. The fourth-order valence-electron chi connectivity index (χ4n) is 2.48. The van der Waals surface area contributed by atoms with Gasteiger partial charge in [-0.3, -0.25) is 9.52 Å². The number of methoxy groups -OCH3 is 1. The van der Waals surface area contributed by atoms with Gasteiger partial charge >= 0.3 is 0 Å². The van der Waals surface area contributed by atoms with E-state index in [-0.39, 0.29) is 21.2 Å². The van der Waals surface area contributed by atoms with E-state index in [1.54, 1.807) is 42.5 Å². The van der Waals surface area contributed by atoms with Gasteiger partial charge in [-0.05, 0) is 42.5 Å². The molecular formula is C20H17ClN2O4S. The van der Waals surface area contributed by atoms with Crippen molar-refractivity contribution in [3.05, 3.63) is 83.4 Å². The first-order valence-corrected chi connectivity index (χ1v) is 10.1. The van der Waals surface area contributed by atoms with Gasteiger partial charge in [0.2, 0.25) is 0 Å². The Kier molecular flexibility index (Phi) is 5.87. The molecule has 144 valence electrons. The Labute approximate surface area is 168 Å². The number of halogens is 1. The van der Waals surface area contributed by atoms with Gasteiger partial charge < -0.3 is 10.1 Å². The minimum atomic E-state index is -3.78. The first kappa shape index (κ1) is 19.7. The Morgan fingerprint density at radius 2 is 1.61 bits per heavy atom. The lowest BCUT2D eigenvalue weighted by Crippen LogP contribution is -2.15. The number of hydrogen-bond acceptors (Lipinski definition) is 4. The number of carbonyl (C=O) groups excluding carboxylic acids is 1. The number of anilines is 2. The molecular weight excluding hydrogens is 400 g/mol. The Hall–Kier alpha value is -3.03. The first-order valence-electron chi connectivity index (χ1n) is 8.22. The van der Waals surface area contributed by atoms with Gasteiger partial charge in [-0.2, -0.15) is 0 Å². The van der Waals surface area contributed by atoms with Crippen LogP contribution >= 0.6 is 11.6 Å². The number of sulfonamides is 1. The number of para-hydroxylation sites is 2. The molecule has 0 saturated heterocycles. The quantitative estimate of drug-likeness (QED) is 0.623. The van der Waals surface area contributed by atoms with Gasteiger partial charge in [-0.15, -0.1) is 0 Å². The number of nitrogens with one attached hydrogen (secondary N) is 2. The third kappa shape index (κ3) is 4.44. The largest absolute Gasteiger partial charge is 0.495 e. The van der Waals surface area contributed by atoms with E-state index in [1.807, 2.05) is 0 Å². The van der Waals surface area contributed by atoms with E-state index < -0.39 is 15.9 Å². The van der Waals surface area contributed by atoms with Crippen LogP contribution in [0, 0.1) is 0 Å². The summed E-state index contributed by atoms with van der Waals surface area (Å²) in [5, 5.41) is 2.84. The predicted molar refractivity (Wildman–Crippen MR) is 110 cm³/mol. The molecule has 3 aromatic carbocycles. The lowest BCUT2D eigenvalue weighted by molar-refractivity contribution is 0.102. The third-order valence-corrected chi connectivity index (χ3v) is 5.58. The summed E-state index contributed by atoms with van der Waals surface area (Å²) < 4.78 is 32.5. The minimum absolute atomic E-state index is 0.104. The van der Waals surface area contributed by atoms with E-state index in [1.165, 1.54) is 37.4 Å². The topological polar surface area (TPSA) is 84.5 Å². The molecule has 0 bridgehead atoms. The number of ether oxygens (including phenoxy) is 1. The van der Waals surface area contributed by atoms with Crippen molar-refractivity contribution >= 4 is 38.9 Å². The Bertz CT molecular complexity index is 1100. The maximum atomic E-state index is 12.5. The van der Waals surface area contributed by atoms with Crippen LogP contribution < -0.4 is 14.8 Å². The van der Waals surface area contributed by atoms with Crippen LogP contribution in [0.2, 0.25) is 5.02 Å².